The molecule has 0 heterocycles. The zero-order valence-corrected chi connectivity index (χ0v) is 4.17. The summed E-state index contributed by atoms with van der Waals surface area (Å²) in [7, 11) is 0. The summed E-state index contributed by atoms with van der Waals surface area (Å²) < 4.78 is 0. The topological polar surface area (TPSA) is 26.0 Å². The van der Waals surface area contributed by atoms with Gasteiger partial charge in [-0.3, -0.25) is 0 Å². The van der Waals surface area contributed by atoms with Crippen LogP contribution in [0.5, 0.6) is 0 Å². The van der Waals surface area contributed by atoms with Gasteiger partial charge in [0.2, 0.25) is 0 Å². The number of allylic oxidation sites excluding steroid dienone is 2. The lowest BCUT2D eigenvalue weighted by molar-refractivity contribution is 0.831. The quantitative estimate of drug-likeness (QED) is 0.509. The molecule has 1 aliphatic carbocycles. The average molecular weight is 95.1 g/mol. The summed E-state index contributed by atoms with van der Waals surface area (Å²) in [5, 5.41) is 0. The predicted octanol–water partition coefficient (Wildman–Crippen LogP) is 0.687. The summed E-state index contributed by atoms with van der Waals surface area (Å²) in [6.07, 6.45) is 8.25. The standard InChI is InChI=1S/C6H9N/c7-5-6-3-1-2-4-6/h1-4,6H,5,7H2. The monoisotopic (exact) mass is 95.1 g/mol. The first kappa shape index (κ1) is 4.60. The lowest BCUT2D eigenvalue weighted by Gasteiger charge is -1.94. The number of nitrogens with two attached hydrogens (primary N) is 1. The summed E-state index contributed by atoms with van der Waals surface area (Å²) in [4.78, 5) is 0. The largest absolute Gasteiger partial charge is 0.330 e. The molecule has 0 fully saturated rings. The lowest BCUT2D eigenvalue weighted by Crippen LogP contribution is -2.07. The number of rotatable bonds is 1. The van der Waals surface area contributed by atoms with E-state index in [1.807, 2.05) is 12.2 Å². The molecule has 0 aromatic carbocycles. The highest BCUT2D eigenvalue weighted by Gasteiger charge is 1.96. The second kappa shape index (κ2) is 1.94. The van der Waals surface area contributed by atoms with Crippen LogP contribution in [0, 0.1) is 5.92 Å². The van der Waals surface area contributed by atoms with Crippen molar-refractivity contribution in [3.63, 3.8) is 0 Å². The molecule has 1 nitrogen and oxygen atoms in total. The summed E-state index contributed by atoms with van der Waals surface area (Å²) in [5.74, 6) is 0.514. The van der Waals surface area contributed by atoms with Crippen LogP contribution < -0.4 is 5.73 Å². The third-order valence-electron chi connectivity index (χ3n) is 1.10. The van der Waals surface area contributed by atoms with Gasteiger partial charge >= 0.3 is 0 Å². The first-order valence-electron chi connectivity index (χ1n) is 2.48. The molecule has 1 aliphatic rings. The molecular formula is C6H9N. The smallest absolute Gasteiger partial charge is 0.00757 e. The van der Waals surface area contributed by atoms with Crippen molar-refractivity contribution in [2.24, 2.45) is 11.7 Å². The minimum atomic E-state index is 0.514. The average Bonchev–Trinajstić information content (AvgIpc) is 2.14. The van der Waals surface area contributed by atoms with Crippen molar-refractivity contribution in [1.29, 1.82) is 0 Å². The summed E-state index contributed by atoms with van der Waals surface area (Å²) in [6, 6.07) is 0. The molecule has 0 aromatic rings. The van der Waals surface area contributed by atoms with Gasteiger partial charge in [-0.25, -0.2) is 0 Å². The first-order chi connectivity index (χ1) is 3.43. The van der Waals surface area contributed by atoms with Gasteiger partial charge in [0.1, 0.15) is 0 Å². The zero-order valence-electron chi connectivity index (χ0n) is 4.17. The molecule has 0 spiro atoms. The van der Waals surface area contributed by atoms with E-state index in [0.29, 0.717) is 5.92 Å². The minimum Gasteiger partial charge on any atom is -0.330 e. The molecule has 38 valence electrons. The lowest BCUT2D eigenvalue weighted by atomic mass is 10.2. The van der Waals surface area contributed by atoms with Crippen molar-refractivity contribution < 1.29 is 0 Å². The molecule has 0 saturated heterocycles. The van der Waals surface area contributed by atoms with Crippen LogP contribution in [-0.2, 0) is 0 Å². The Kier molecular flexibility index (Phi) is 1.27. The van der Waals surface area contributed by atoms with E-state index in [2.05, 4.69) is 12.2 Å². The molecule has 0 bridgehead atoms. The van der Waals surface area contributed by atoms with Crippen molar-refractivity contribution in [2.75, 3.05) is 6.54 Å². The SMILES string of the molecule is NCC1C=CC=C1. The molecule has 0 amide bonds. The van der Waals surface area contributed by atoms with Crippen LogP contribution in [-0.4, -0.2) is 6.54 Å². The molecule has 1 heteroatoms. The van der Waals surface area contributed by atoms with Crippen LogP contribution in [0.15, 0.2) is 24.3 Å². The number of hydrogen-bond donors (Lipinski definition) is 1. The Morgan fingerprint density at radius 3 is 2.14 bits per heavy atom. The van der Waals surface area contributed by atoms with Crippen LogP contribution in [0.2, 0.25) is 0 Å². The van der Waals surface area contributed by atoms with Gasteiger partial charge in [-0.2, -0.15) is 0 Å². The molecular weight excluding hydrogens is 86.1 g/mol. The Morgan fingerprint density at radius 1 is 1.29 bits per heavy atom. The molecule has 7 heavy (non-hydrogen) atoms. The highest BCUT2D eigenvalue weighted by molar-refractivity contribution is 5.17. The Bertz CT molecular complexity index is 90.7. The van der Waals surface area contributed by atoms with E-state index >= 15 is 0 Å². The van der Waals surface area contributed by atoms with Gasteiger partial charge in [0, 0.05) is 12.5 Å². The van der Waals surface area contributed by atoms with Gasteiger partial charge < -0.3 is 5.73 Å². The second-order valence-electron chi connectivity index (χ2n) is 1.67. The Hall–Kier alpha value is -0.560. The van der Waals surface area contributed by atoms with Crippen molar-refractivity contribution in [2.45, 2.75) is 0 Å². The van der Waals surface area contributed by atoms with Crippen LogP contribution in [0.4, 0.5) is 0 Å². The normalized spacial score (nSPS) is 19.0. The van der Waals surface area contributed by atoms with E-state index < -0.39 is 0 Å². The van der Waals surface area contributed by atoms with Gasteiger partial charge in [-0.15, -0.1) is 0 Å². The second-order valence-corrected chi connectivity index (χ2v) is 1.67. The fourth-order valence-corrected chi connectivity index (χ4v) is 0.635. The highest BCUT2D eigenvalue weighted by Crippen LogP contribution is 2.04. The minimum absolute atomic E-state index is 0.514. The van der Waals surface area contributed by atoms with Crippen molar-refractivity contribution in [3.8, 4) is 0 Å². The van der Waals surface area contributed by atoms with E-state index in [-0.39, 0.29) is 0 Å². The van der Waals surface area contributed by atoms with Crippen molar-refractivity contribution >= 4 is 0 Å². The van der Waals surface area contributed by atoms with E-state index in [9.17, 15) is 0 Å². The van der Waals surface area contributed by atoms with Gasteiger partial charge in [-0.05, 0) is 0 Å². The molecule has 0 aliphatic heterocycles. The fraction of sp³-hybridized carbons (Fsp3) is 0.333. The van der Waals surface area contributed by atoms with Gasteiger partial charge in [0.25, 0.3) is 0 Å². The maximum absolute atomic E-state index is 5.33. The molecule has 0 aromatic heterocycles. The van der Waals surface area contributed by atoms with Gasteiger partial charge in [0.15, 0.2) is 0 Å². The van der Waals surface area contributed by atoms with E-state index in [4.69, 9.17) is 5.73 Å². The Labute approximate surface area is 43.5 Å². The third kappa shape index (κ3) is 0.904. The molecule has 0 atom stereocenters. The van der Waals surface area contributed by atoms with E-state index in [1.165, 1.54) is 0 Å². The summed E-state index contributed by atoms with van der Waals surface area (Å²) in [5.41, 5.74) is 5.33. The van der Waals surface area contributed by atoms with Crippen LogP contribution >= 0.6 is 0 Å². The molecule has 0 saturated carbocycles. The van der Waals surface area contributed by atoms with Crippen LogP contribution in [0.3, 0.4) is 0 Å². The first-order valence-corrected chi connectivity index (χ1v) is 2.48. The van der Waals surface area contributed by atoms with Gasteiger partial charge in [0.05, 0.1) is 0 Å². The Morgan fingerprint density at radius 2 is 1.86 bits per heavy atom. The predicted molar refractivity (Wildman–Crippen MR) is 30.8 cm³/mol. The fourth-order valence-electron chi connectivity index (χ4n) is 0.635. The molecule has 0 unspecified atom stereocenters. The zero-order chi connectivity index (χ0) is 5.11. The summed E-state index contributed by atoms with van der Waals surface area (Å²) >= 11 is 0. The molecule has 2 N–H and O–H groups in total. The number of hydrogen-bond acceptors (Lipinski definition) is 1. The van der Waals surface area contributed by atoms with Crippen molar-refractivity contribution in [1.82, 2.24) is 0 Å². The summed E-state index contributed by atoms with van der Waals surface area (Å²) in [6.45, 7) is 0.743. The van der Waals surface area contributed by atoms with Crippen LogP contribution in [0.1, 0.15) is 0 Å². The van der Waals surface area contributed by atoms with Gasteiger partial charge in [-0.1, -0.05) is 24.3 Å². The van der Waals surface area contributed by atoms with E-state index in [0.717, 1.165) is 6.54 Å². The van der Waals surface area contributed by atoms with E-state index in [1.54, 1.807) is 0 Å². The van der Waals surface area contributed by atoms with Crippen LogP contribution in [0.25, 0.3) is 0 Å². The maximum atomic E-state index is 5.33. The Balaban J connectivity index is 2.44. The molecule has 0 radical (unpaired) electrons. The molecule has 1 rings (SSSR count). The third-order valence-corrected chi connectivity index (χ3v) is 1.10. The van der Waals surface area contributed by atoms with Crippen molar-refractivity contribution in [3.05, 3.63) is 24.3 Å². The maximum Gasteiger partial charge on any atom is 0.00757 e. The highest BCUT2D eigenvalue weighted by atomic mass is 14.5.